The standard InChI is InChI=1S/C23H25N3O3/c27-23-19-9-8-18(26-16-24-20-5-1-2-6-21(20)26)15-17(19)10-11-25(23)12-14-29-22-7-3-4-13-28-22/h1-2,5-6,8-9,15-16,22H,3-4,7,10-14H2/t22-/m1/s1. The lowest BCUT2D eigenvalue weighted by Gasteiger charge is -2.30. The number of amides is 1. The Morgan fingerprint density at radius 2 is 2.10 bits per heavy atom. The van der Waals surface area contributed by atoms with Gasteiger partial charge < -0.3 is 14.4 Å². The van der Waals surface area contributed by atoms with Crippen molar-refractivity contribution >= 4 is 16.9 Å². The number of aromatic nitrogens is 2. The van der Waals surface area contributed by atoms with Crippen molar-refractivity contribution in [1.82, 2.24) is 14.5 Å². The molecule has 0 bridgehead atoms. The van der Waals surface area contributed by atoms with Crippen LogP contribution in [0.4, 0.5) is 0 Å². The second-order valence-corrected chi connectivity index (χ2v) is 7.65. The fraction of sp³-hybridized carbons (Fsp3) is 0.391. The van der Waals surface area contributed by atoms with E-state index < -0.39 is 0 Å². The summed E-state index contributed by atoms with van der Waals surface area (Å²) < 4.78 is 13.5. The molecule has 1 saturated heterocycles. The maximum Gasteiger partial charge on any atom is 0.254 e. The summed E-state index contributed by atoms with van der Waals surface area (Å²) in [6.07, 6.45) is 5.79. The zero-order valence-electron chi connectivity index (χ0n) is 16.4. The van der Waals surface area contributed by atoms with Gasteiger partial charge in [-0.15, -0.1) is 0 Å². The van der Waals surface area contributed by atoms with Crippen LogP contribution in [-0.4, -0.2) is 53.0 Å². The van der Waals surface area contributed by atoms with Crippen LogP contribution in [0.1, 0.15) is 35.2 Å². The zero-order valence-corrected chi connectivity index (χ0v) is 16.4. The lowest BCUT2D eigenvalue weighted by molar-refractivity contribution is -0.163. The van der Waals surface area contributed by atoms with Crippen molar-refractivity contribution < 1.29 is 14.3 Å². The number of hydrogen-bond acceptors (Lipinski definition) is 4. The number of ether oxygens (including phenoxy) is 2. The molecule has 5 rings (SSSR count). The first kappa shape index (κ1) is 18.3. The van der Waals surface area contributed by atoms with E-state index in [1.54, 1.807) is 0 Å². The van der Waals surface area contributed by atoms with Crippen molar-refractivity contribution in [2.45, 2.75) is 32.0 Å². The van der Waals surface area contributed by atoms with Gasteiger partial charge in [-0.1, -0.05) is 12.1 Å². The Kier molecular flexibility index (Phi) is 5.04. The topological polar surface area (TPSA) is 56.6 Å². The van der Waals surface area contributed by atoms with Gasteiger partial charge in [0.2, 0.25) is 0 Å². The molecule has 150 valence electrons. The predicted octanol–water partition coefficient (Wildman–Crippen LogP) is 3.57. The molecule has 0 spiro atoms. The molecule has 29 heavy (non-hydrogen) atoms. The molecule has 0 saturated carbocycles. The second kappa shape index (κ2) is 7.97. The molecule has 2 aromatic carbocycles. The van der Waals surface area contributed by atoms with Gasteiger partial charge in [-0.2, -0.15) is 0 Å². The third-order valence-electron chi connectivity index (χ3n) is 5.79. The smallest absolute Gasteiger partial charge is 0.254 e. The average molecular weight is 391 g/mol. The van der Waals surface area contributed by atoms with Crippen LogP contribution in [0.5, 0.6) is 0 Å². The van der Waals surface area contributed by atoms with E-state index in [0.29, 0.717) is 13.2 Å². The summed E-state index contributed by atoms with van der Waals surface area (Å²) in [5.41, 5.74) is 4.96. The molecule has 0 N–H and O–H groups in total. The molecule has 6 nitrogen and oxygen atoms in total. The SMILES string of the molecule is O=C1c2ccc(-n3cnc4ccccc43)cc2CCN1CCO[C@@H]1CCCCO1. The number of imidazole rings is 1. The molecular weight excluding hydrogens is 366 g/mol. The van der Waals surface area contributed by atoms with Crippen LogP contribution < -0.4 is 0 Å². The molecule has 1 fully saturated rings. The fourth-order valence-corrected chi connectivity index (χ4v) is 4.19. The van der Waals surface area contributed by atoms with Gasteiger partial charge in [-0.05, 0) is 61.6 Å². The first-order valence-electron chi connectivity index (χ1n) is 10.4. The van der Waals surface area contributed by atoms with E-state index in [-0.39, 0.29) is 12.2 Å². The Bertz CT molecular complexity index is 1020. The minimum absolute atomic E-state index is 0.0847. The van der Waals surface area contributed by atoms with Crippen molar-refractivity contribution in [3.8, 4) is 5.69 Å². The van der Waals surface area contributed by atoms with E-state index in [0.717, 1.165) is 66.7 Å². The summed E-state index contributed by atoms with van der Waals surface area (Å²) >= 11 is 0. The Morgan fingerprint density at radius 3 is 3.00 bits per heavy atom. The van der Waals surface area contributed by atoms with Gasteiger partial charge >= 0.3 is 0 Å². The van der Waals surface area contributed by atoms with E-state index in [2.05, 4.69) is 21.7 Å². The van der Waals surface area contributed by atoms with Crippen LogP contribution in [0.15, 0.2) is 48.8 Å². The Morgan fingerprint density at radius 1 is 1.17 bits per heavy atom. The fourth-order valence-electron chi connectivity index (χ4n) is 4.19. The van der Waals surface area contributed by atoms with E-state index >= 15 is 0 Å². The lowest BCUT2D eigenvalue weighted by atomic mass is 9.98. The average Bonchev–Trinajstić information content (AvgIpc) is 3.20. The lowest BCUT2D eigenvalue weighted by Crippen LogP contribution is -2.40. The quantitative estimate of drug-likeness (QED) is 0.667. The minimum atomic E-state index is -0.108. The molecule has 3 aromatic rings. The van der Waals surface area contributed by atoms with Crippen LogP contribution in [0.2, 0.25) is 0 Å². The maximum absolute atomic E-state index is 12.9. The van der Waals surface area contributed by atoms with Gasteiger partial charge in [0.05, 0.1) is 17.6 Å². The summed E-state index contributed by atoms with van der Waals surface area (Å²) in [4.78, 5) is 19.3. The highest BCUT2D eigenvalue weighted by atomic mass is 16.7. The molecule has 0 unspecified atom stereocenters. The summed E-state index contributed by atoms with van der Waals surface area (Å²) in [6.45, 7) is 2.61. The highest BCUT2D eigenvalue weighted by molar-refractivity contribution is 5.97. The van der Waals surface area contributed by atoms with E-state index in [9.17, 15) is 4.79 Å². The number of para-hydroxylation sites is 2. The highest BCUT2D eigenvalue weighted by Crippen LogP contribution is 2.24. The van der Waals surface area contributed by atoms with Gasteiger partial charge in [-0.25, -0.2) is 4.98 Å². The molecular formula is C23H25N3O3. The Labute approximate surface area is 170 Å². The van der Waals surface area contributed by atoms with Gasteiger partial charge in [0.15, 0.2) is 6.29 Å². The van der Waals surface area contributed by atoms with Crippen molar-refractivity contribution in [3.63, 3.8) is 0 Å². The molecule has 3 heterocycles. The summed E-state index contributed by atoms with van der Waals surface area (Å²) in [6, 6.07) is 14.1. The largest absolute Gasteiger partial charge is 0.353 e. The van der Waals surface area contributed by atoms with Crippen LogP contribution >= 0.6 is 0 Å². The number of rotatable bonds is 5. The number of hydrogen-bond donors (Lipinski definition) is 0. The van der Waals surface area contributed by atoms with Crippen molar-refractivity contribution in [2.24, 2.45) is 0 Å². The predicted molar refractivity (Wildman–Crippen MR) is 110 cm³/mol. The molecule has 1 amide bonds. The van der Waals surface area contributed by atoms with E-state index in [1.807, 2.05) is 41.6 Å². The summed E-state index contributed by atoms with van der Waals surface area (Å²) in [5.74, 6) is 0.0847. The normalized spacial score (nSPS) is 19.5. The Balaban J connectivity index is 1.28. The van der Waals surface area contributed by atoms with E-state index in [4.69, 9.17) is 9.47 Å². The number of benzene rings is 2. The molecule has 2 aliphatic rings. The van der Waals surface area contributed by atoms with Crippen LogP contribution in [0, 0.1) is 0 Å². The van der Waals surface area contributed by atoms with E-state index in [1.165, 1.54) is 0 Å². The third-order valence-corrected chi connectivity index (χ3v) is 5.79. The second-order valence-electron chi connectivity index (χ2n) is 7.65. The molecule has 0 aliphatic carbocycles. The highest BCUT2D eigenvalue weighted by Gasteiger charge is 2.25. The van der Waals surface area contributed by atoms with Gasteiger partial charge in [0, 0.05) is 30.9 Å². The molecule has 0 radical (unpaired) electrons. The zero-order chi connectivity index (χ0) is 19.6. The van der Waals surface area contributed by atoms with Gasteiger partial charge in [-0.3, -0.25) is 9.36 Å². The van der Waals surface area contributed by atoms with Crippen molar-refractivity contribution in [3.05, 3.63) is 59.9 Å². The van der Waals surface area contributed by atoms with Gasteiger partial charge in [0.25, 0.3) is 5.91 Å². The molecule has 2 aliphatic heterocycles. The molecule has 6 heteroatoms. The summed E-state index contributed by atoms with van der Waals surface area (Å²) in [7, 11) is 0. The van der Waals surface area contributed by atoms with Crippen molar-refractivity contribution in [2.75, 3.05) is 26.3 Å². The van der Waals surface area contributed by atoms with Gasteiger partial charge in [0.1, 0.15) is 6.33 Å². The maximum atomic E-state index is 12.9. The number of carbonyl (C=O) groups is 1. The third kappa shape index (κ3) is 3.66. The number of fused-ring (bicyclic) bond motifs is 2. The van der Waals surface area contributed by atoms with Crippen LogP contribution in [-0.2, 0) is 15.9 Å². The number of carbonyl (C=O) groups excluding carboxylic acids is 1. The molecule has 1 atom stereocenters. The minimum Gasteiger partial charge on any atom is -0.353 e. The van der Waals surface area contributed by atoms with Crippen molar-refractivity contribution in [1.29, 1.82) is 0 Å². The summed E-state index contributed by atoms with van der Waals surface area (Å²) in [5, 5.41) is 0. The van der Waals surface area contributed by atoms with Crippen LogP contribution in [0.25, 0.3) is 16.7 Å². The monoisotopic (exact) mass is 391 g/mol. The van der Waals surface area contributed by atoms with Crippen LogP contribution in [0.3, 0.4) is 0 Å². The molecule has 1 aromatic heterocycles. The Hall–Kier alpha value is -2.70. The first-order chi connectivity index (χ1) is 14.3. The first-order valence-corrected chi connectivity index (χ1v) is 10.4. The number of nitrogens with zero attached hydrogens (tertiary/aromatic N) is 3.